The van der Waals surface area contributed by atoms with E-state index in [1.54, 1.807) is 12.1 Å². The third-order valence-corrected chi connectivity index (χ3v) is 4.34. The van der Waals surface area contributed by atoms with E-state index in [0.29, 0.717) is 10.9 Å². The van der Waals surface area contributed by atoms with Crippen LogP contribution in [0.3, 0.4) is 0 Å². The standard InChI is InChI=1S/C18H15N3O2S/c1-13-11-17(15-5-3-2-4-6-15)20-18(19-13)24-12-14-7-9-16(10-8-14)21(22)23/h2-11H,12H2,1H3. The summed E-state index contributed by atoms with van der Waals surface area (Å²) < 4.78 is 0. The maximum Gasteiger partial charge on any atom is 0.269 e. The van der Waals surface area contributed by atoms with Crippen LogP contribution in [0, 0.1) is 17.0 Å². The van der Waals surface area contributed by atoms with E-state index in [1.165, 1.54) is 23.9 Å². The fourth-order valence-electron chi connectivity index (χ4n) is 2.22. The molecule has 6 heteroatoms. The summed E-state index contributed by atoms with van der Waals surface area (Å²) in [5.74, 6) is 0.662. The Morgan fingerprint density at radius 3 is 2.42 bits per heavy atom. The van der Waals surface area contributed by atoms with E-state index in [0.717, 1.165) is 22.5 Å². The van der Waals surface area contributed by atoms with E-state index >= 15 is 0 Å². The molecule has 0 radical (unpaired) electrons. The predicted molar refractivity (Wildman–Crippen MR) is 94.9 cm³/mol. The van der Waals surface area contributed by atoms with Crippen LogP contribution in [-0.4, -0.2) is 14.9 Å². The second-order valence-corrected chi connectivity index (χ2v) is 6.20. The molecule has 0 bridgehead atoms. The van der Waals surface area contributed by atoms with E-state index in [-0.39, 0.29) is 5.69 Å². The Labute approximate surface area is 143 Å². The van der Waals surface area contributed by atoms with Gasteiger partial charge in [-0.25, -0.2) is 9.97 Å². The fraction of sp³-hybridized carbons (Fsp3) is 0.111. The molecule has 0 amide bonds. The van der Waals surface area contributed by atoms with Gasteiger partial charge in [0.2, 0.25) is 0 Å². The van der Waals surface area contributed by atoms with Gasteiger partial charge in [0.05, 0.1) is 10.6 Å². The highest BCUT2D eigenvalue weighted by atomic mass is 32.2. The van der Waals surface area contributed by atoms with Gasteiger partial charge in [0.1, 0.15) is 0 Å². The zero-order chi connectivity index (χ0) is 16.9. The average molecular weight is 337 g/mol. The molecule has 0 atom stereocenters. The van der Waals surface area contributed by atoms with Crippen LogP contribution in [0.25, 0.3) is 11.3 Å². The second-order valence-electron chi connectivity index (χ2n) is 5.26. The molecule has 3 rings (SSSR count). The van der Waals surface area contributed by atoms with Crippen LogP contribution in [0.4, 0.5) is 5.69 Å². The smallest absolute Gasteiger partial charge is 0.258 e. The number of non-ortho nitro benzene ring substituents is 1. The monoisotopic (exact) mass is 337 g/mol. The van der Waals surface area contributed by atoms with E-state index < -0.39 is 4.92 Å². The van der Waals surface area contributed by atoms with E-state index in [4.69, 9.17) is 0 Å². The Morgan fingerprint density at radius 2 is 1.75 bits per heavy atom. The van der Waals surface area contributed by atoms with E-state index in [2.05, 4.69) is 9.97 Å². The molecule has 24 heavy (non-hydrogen) atoms. The summed E-state index contributed by atoms with van der Waals surface area (Å²) in [6, 6.07) is 18.5. The van der Waals surface area contributed by atoms with Crippen molar-refractivity contribution in [2.45, 2.75) is 17.8 Å². The van der Waals surface area contributed by atoms with Gasteiger partial charge in [-0.3, -0.25) is 10.1 Å². The number of nitro benzene ring substituents is 1. The second kappa shape index (κ2) is 7.23. The van der Waals surface area contributed by atoms with Crippen molar-refractivity contribution in [2.24, 2.45) is 0 Å². The summed E-state index contributed by atoms with van der Waals surface area (Å²) in [6.45, 7) is 1.95. The Morgan fingerprint density at radius 1 is 1.04 bits per heavy atom. The summed E-state index contributed by atoms with van der Waals surface area (Å²) in [4.78, 5) is 19.4. The lowest BCUT2D eigenvalue weighted by Gasteiger charge is -2.06. The minimum atomic E-state index is -0.396. The number of rotatable bonds is 5. The molecule has 1 aromatic heterocycles. The summed E-state index contributed by atoms with van der Waals surface area (Å²) >= 11 is 1.52. The molecule has 0 aliphatic heterocycles. The maximum absolute atomic E-state index is 10.7. The highest BCUT2D eigenvalue weighted by molar-refractivity contribution is 7.98. The largest absolute Gasteiger partial charge is 0.269 e. The summed E-state index contributed by atoms with van der Waals surface area (Å²) in [7, 11) is 0. The lowest BCUT2D eigenvalue weighted by Crippen LogP contribution is -1.94. The van der Waals surface area contributed by atoms with Crippen molar-refractivity contribution in [3.8, 4) is 11.3 Å². The minimum absolute atomic E-state index is 0.0990. The molecule has 120 valence electrons. The van der Waals surface area contributed by atoms with Crippen LogP contribution in [-0.2, 0) is 5.75 Å². The quantitative estimate of drug-likeness (QED) is 0.293. The van der Waals surface area contributed by atoms with E-state index in [1.807, 2.05) is 43.3 Å². The van der Waals surface area contributed by atoms with Crippen molar-refractivity contribution in [2.75, 3.05) is 0 Å². The summed E-state index contributed by atoms with van der Waals surface area (Å²) in [5, 5.41) is 11.4. The third-order valence-electron chi connectivity index (χ3n) is 3.42. The lowest BCUT2D eigenvalue weighted by atomic mass is 10.1. The summed E-state index contributed by atoms with van der Waals surface area (Å²) in [5.41, 5.74) is 3.96. The number of thioether (sulfide) groups is 1. The summed E-state index contributed by atoms with van der Waals surface area (Å²) in [6.07, 6.45) is 0. The van der Waals surface area contributed by atoms with Crippen molar-refractivity contribution >= 4 is 17.4 Å². The lowest BCUT2D eigenvalue weighted by molar-refractivity contribution is -0.384. The van der Waals surface area contributed by atoms with Crippen LogP contribution in [0.2, 0.25) is 0 Å². The van der Waals surface area contributed by atoms with Crippen LogP contribution in [0.5, 0.6) is 0 Å². The van der Waals surface area contributed by atoms with Gasteiger partial charge in [-0.2, -0.15) is 0 Å². The van der Waals surface area contributed by atoms with Gasteiger partial charge in [-0.15, -0.1) is 0 Å². The first-order valence-corrected chi connectivity index (χ1v) is 8.37. The van der Waals surface area contributed by atoms with Crippen molar-refractivity contribution in [3.05, 3.63) is 82.0 Å². The number of hydrogen-bond donors (Lipinski definition) is 0. The zero-order valence-corrected chi connectivity index (χ0v) is 13.9. The van der Waals surface area contributed by atoms with Gasteiger partial charge in [0, 0.05) is 29.1 Å². The molecule has 0 fully saturated rings. The normalized spacial score (nSPS) is 10.5. The highest BCUT2D eigenvalue weighted by Gasteiger charge is 2.07. The molecule has 5 nitrogen and oxygen atoms in total. The fourth-order valence-corrected chi connectivity index (χ4v) is 3.08. The molecule has 1 heterocycles. The topological polar surface area (TPSA) is 68.9 Å². The van der Waals surface area contributed by atoms with Gasteiger partial charge in [-0.05, 0) is 18.6 Å². The van der Waals surface area contributed by atoms with Gasteiger partial charge in [-0.1, -0.05) is 54.2 Å². The highest BCUT2D eigenvalue weighted by Crippen LogP contribution is 2.24. The number of aromatic nitrogens is 2. The molecule has 0 aliphatic rings. The van der Waals surface area contributed by atoms with Crippen LogP contribution in [0.1, 0.15) is 11.3 Å². The molecule has 0 N–H and O–H groups in total. The first-order valence-electron chi connectivity index (χ1n) is 7.39. The van der Waals surface area contributed by atoms with Crippen LogP contribution < -0.4 is 0 Å². The average Bonchev–Trinajstić information content (AvgIpc) is 2.60. The molecule has 0 saturated carbocycles. The minimum Gasteiger partial charge on any atom is -0.258 e. The predicted octanol–water partition coefficient (Wildman–Crippen LogP) is 4.65. The molecular formula is C18H15N3O2S. The van der Waals surface area contributed by atoms with Crippen LogP contribution in [0.15, 0.2) is 65.8 Å². The zero-order valence-electron chi connectivity index (χ0n) is 13.0. The number of aryl methyl sites for hydroxylation is 1. The Hall–Kier alpha value is -2.73. The van der Waals surface area contributed by atoms with Crippen molar-refractivity contribution in [3.63, 3.8) is 0 Å². The van der Waals surface area contributed by atoms with Gasteiger partial charge >= 0.3 is 0 Å². The number of nitro groups is 1. The molecule has 0 unspecified atom stereocenters. The molecule has 3 aromatic rings. The maximum atomic E-state index is 10.7. The molecule has 0 saturated heterocycles. The van der Waals surface area contributed by atoms with Gasteiger partial charge in [0.15, 0.2) is 5.16 Å². The molecule has 0 aliphatic carbocycles. The first kappa shape index (κ1) is 16.1. The Bertz CT molecular complexity index is 852. The molecular weight excluding hydrogens is 322 g/mol. The van der Waals surface area contributed by atoms with Crippen molar-refractivity contribution < 1.29 is 4.92 Å². The molecule has 0 spiro atoms. The molecule has 2 aromatic carbocycles. The number of nitrogens with zero attached hydrogens (tertiary/aromatic N) is 3. The van der Waals surface area contributed by atoms with E-state index in [9.17, 15) is 10.1 Å². The Balaban J connectivity index is 1.75. The Kier molecular flexibility index (Phi) is 4.86. The number of benzene rings is 2. The first-order chi connectivity index (χ1) is 11.6. The number of hydrogen-bond acceptors (Lipinski definition) is 5. The van der Waals surface area contributed by atoms with Gasteiger partial charge in [0.25, 0.3) is 5.69 Å². The van der Waals surface area contributed by atoms with Crippen LogP contribution >= 0.6 is 11.8 Å². The third kappa shape index (κ3) is 3.97. The van der Waals surface area contributed by atoms with Crippen molar-refractivity contribution in [1.29, 1.82) is 0 Å². The van der Waals surface area contributed by atoms with Crippen molar-refractivity contribution in [1.82, 2.24) is 9.97 Å². The van der Waals surface area contributed by atoms with Gasteiger partial charge < -0.3 is 0 Å². The SMILES string of the molecule is Cc1cc(-c2ccccc2)nc(SCc2ccc([N+](=O)[O-])cc2)n1.